The number of allylic oxidation sites excluding steroid dienone is 5. The first kappa shape index (κ1) is 13.6. The van der Waals surface area contributed by atoms with Gasteiger partial charge in [-0.2, -0.15) is 0 Å². The summed E-state index contributed by atoms with van der Waals surface area (Å²) in [6.45, 7) is 7.94. The number of hydrogen-bond acceptors (Lipinski definition) is 1. The Morgan fingerprint density at radius 1 is 1.18 bits per heavy atom. The third kappa shape index (κ3) is 4.12. The molecule has 0 aliphatic heterocycles. The van der Waals surface area contributed by atoms with Crippen LogP contribution in [0.5, 0.6) is 5.75 Å². The molecule has 1 rings (SSSR count). The van der Waals surface area contributed by atoms with Crippen LogP contribution in [0.25, 0.3) is 5.57 Å². The molecule has 1 nitrogen and oxygen atoms in total. The van der Waals surface area contributed by atoms with Gasteiger partial charge in [-0.25, -0.2) is 0 Å². The van der Waals surface area contributed by atoms with Crippen LogP contribution in [0.4, 0.5) is 0 Å². The van der Waals surface area contributed by atoms with E-state index in [0.717, 1.165) is 27.5 Å². The van der Waals surface area contributed by atoms with Crippen LogP contribution in [-0.2, 0) is 0 Å². The van der Waals surface area contributed by atoms with E-state index in [1.54, 1.807) is 7.11 Å². The Labute approximate surface area is 108 Å². The molecule has 2 heteroatoms. The van der Waals surface area contributed by atoms with Gasteiger partial charge in [-0.15, -0.1) is 0 Å². The first-order valence-electron chi connectivity index (χ1n) is 5.39. The predicted molar refractivity (Wildman–Crippen MR) is 75.4 cm³/mol. The summed E-state index contributed by atoms with van der Waals surface area (Å²) in [5.74, 6) is 0.847. The van der Waals surface area contributed by atoms with E-state index in [1.807, 2.05) is 50.3 Å². The predicted octanol–water partition coefficient (Wildman–Crippen LogP) is 4.80. The number of methoxy groups -OCH3 is 1. The molecule has 0 heterocycles. The highest BCUT2D eigenvalue weighted by molar-refractivity contribution is 6.29. The molecule has 0 fully saturated rings. The maximum absolute atomic E-state index is 5.78. The van der Waals surface area contributed by atoms with Crippen LogP contribution in [-0.4, -0.2) is 7.11 Å². The van der Waals surface area contributed by atoms with Gasteiger partial charge in [0.05, 0.1) is 7.11 Å². The lowest BCUT2D eigenvalue weighted by Gasteiger charge is -2.07. The first-order chi connectivity index (χ1) is 8.04. The number of ether oxygens (including phenoxy) is 1. The van der Waals surface area contributed by atoms with E-state index in [4.69, 9.17) is 16.3 Å². The second-order valence-electron chi connectivity index (χ2n) is 3.81. The van der Waals surface area contributed by atoms with Crippen molar-refractivity contribution in [2.75, 3.05) is 7.11 Å². The minimum Gasteiger partial charge on any atom is -0.497 e. The lowest BCUT2D eigenvalue weighted by Crippen LogP contribution is -1.86. The number of rotatable bonds is 4. The van der Waals surface area contributed by atoms with Gasteiger partial charge in [-0.3, -0.25) is 0 Å². The quantitative estimate of drug-likeness (QED) is 0.696. The zero-order chi connectivity index (χ0) is 12.8. The maximum atomic E-state index is 5.78. The molecule has 0 saturated carbocycles. The fourth-order valence-corrected chi connectivity index (χ4v) is 1.42. The average Bonchev–Trinajstić information content (AvgIpc) is 2.35. The van der Waals surface area contributed by atoms with Gasteiger partial charge < -0.3 is 4.74 Å². The molecule has 0 aliphatic rings. The fourth-order valence-electron chi connectivity index (χ4n) is 1.36. The Balaban J connectivity index is 2.89. The molecule has 1 aromatic rings. The molecule has 0 aromatic heterocycles. The van der Waals surface area contributed by atoms with E-state index >= 15 is 0 Å². The average molecular weight is 249 g/mol. The monoisotopic (exact) mass is 248 g/mol. The molecule has 0 amide bonds. The van der Waals surface area contributed by atoms with Gasteiger partial charge in [0.15, 0.2) is 0 Å². The number of benzene rings is 1. The van der Waals surface area contributed by atoms with Crippen molar-refractivity contribution in [3.8, 4) is 5.75 Å². The molecular weight excluding hydrogens is 232 g/mol. The van der Waals surface area contributed by atoms with E-state index in [1.165, 1.54) is 0 Å². The molecule has 0 saturated heterocycles. The zero-order valence-electron chi connectivity index (χ0n) is 10.5. The van der Waals surface area contributed by atoms with Crippen LogP contribution < -0.4 is 4.74 Å². The summed E-state index contributed by atoms with van der Waals surface area (Å²) >= 11 is 5.78. The minimum absolute atomic E-state index is 0.756. The molecule has 90 valence electrons. The normalized spacial score (nSPS) is 12.5. The van der Waals surface area contributed by atoms with Gasteiger partial charge in [0, 0.05) is 5.03 Å². The van der Waals surface area contributed by atoms with Crippen molar-refractivity contribution in [2.24, 2.45) is 0 Å². The number of halogens is 1. The van der Waals surface area contributed by atoms with Crippen molar-refractivity contribution >= 4 is 17.2 Å². The second kappa shape index (κ2) is 6.31. The molecule has 0 aliphatic carbocycles. The Bertz CT molecular complexity index is 448. The summed E-state index contributed by atoms with van der Waals surface area (Å²) in [6.07, 6.45) is 3.83. The molecule has 17 heavy (non-hydrogen) atoms. The van der Waals surface area contributed by atoms with Crippen molar-refractivity contribution in [3.63, 3.8) is 0 Å². The van der Waals surface area contributed by atoms with Crippen molar-refractivity contribution in [1.82, 2.24) is 0 Å². The van der Waals surface area contributed by atoms with E-state index in [-0.39, 0.29) is 0 Å². The molecule has 0 bridgehead atoms. The minimum atomic E-state index is 0.756. The maximum Gasteiger partial charge on any atom is 0.118 e. The molecule has 0 spiro atoms. The topological polar surface area (TPSA) is 9.23 Å². The van der Waals surface area contributed by atoms with E-state index < -0.39 is 0 Å². The first-order valence-corrected chi connectivity index (χ1v) is 5.76. The Morgan fingerprint density at radius 3 is 2.24 bits per heavy atom. The van der Waals surface area contributed by atoms with Gasteiger partial charge in [0.2, 0.25) is 0 Å². The standard InChI is InChI=1S/C15H17ClO/c1-11(5-6-12(2)16)13(3)14-7-9-15(17-4)10-8-14/h5-10H,3H2,1-2,4H3/b11-5-,12-6+. The largest absolute Gasteiger partial charge is 0.497 e. The Morgan fingerprint density at radius 2 is 1.76 bits per heavy atom. The van der Waals surface area contributed by atoms with Gasteiger partial charge in [-0.1, -0.05) is 36.4 Å². The highest BCUT2D eigenvalue weighted by atomic mass is 35.5. The highest BCUT2D eigenvalue weighted by Gasteiger charge is 2.00. The van der Waals surface area contributed by atoms with E-state index in [0.29, 0.717) is 0 Å². The van der Waals surface area contributed by atoms with Crippen LogP contribution in [0.15, 0.2) is 53.6 Å². The SMILES string of the molecule is C=C(/C(C)=C\C=C(/C)Cl)c1ccc(OC)cc1. The Kier molecular flexibility index (Phi) is 5.05. The second-order valence-corrected chi connectivity index (χ2v) is 4.41. The highest BCUT2D eigenvalue weighted by Crippen LogP contribution is 2.23. The van der Waals surface area contributed by atoms with Crippen molar-refractivity contribution in [2.45, 2.75) is 13.8 Å². The number of hydrogen-bond donors (Lipinski definition) is 0. The van der Waals surface area contributed by atoms with E-state index in [2.05, 4.69) is 6.58 Å². The lowest BCUT2D eigenvalue weighted by molar-refractivity contribution is 0.415. The van der Waals surface area contributed by atoms with Crippen molar-refractivity contribution in [1.29, 1.82) is 0 Å². The molecule has 0 atom stereocenters. The fraction of sp³-hybridized carbons (Fsp3) is 0.200. The summed E-state index contributed by atoms with van der Waals surface area (Å²) in [5.41, 5.74) is 3.16. The lowest BCUT2D eigenvalue weighted by atomic mass is 10.0. The van der Waals surface area contributed by atoms with Crippen molar-refractivity contribution < 1.29 is 4.74 Å². The molecule has 0 radical (unpaired) electrons. The van der Waals surface area contributed by atoms with Gasteiger partial charge in [0.1, 0.15) is 5.75 Å². The summed E-state index contributed by atoms with van der Waals surface area (Å²) in [4.78, 5) is 0. The van der Waals surface area contributed by atoms with Crippen LogP contribution in [0.1, 0.15) is 19.4 Å². The third-order valence-electron chi connectivity index (χ3n) is 2.48. The van der Waals surface area contributed by atoms with Crippen LogP contribution in [0.3, 0.4) is 0 Å². The smallest absolute Gasteiger partial charge is 0.118 e. The van der Waals surface area contributed by atoms with Crippen LogP contribution in [0.2, 0.25) is 0 Å². The summed E-state index contributed by atoms with van der Waals surface area (Å²) in [5, 5.41) is 0.756. The molecule has 1 aromatic carbocycles. The molecule has 0 unspecified atom stereocenters. The van der Waals surface area contributed by atoms with Crippen LogP contribution in [0, 0.1) is 0 Å². The van der Waals surface area contributed by atoms with Crippen LogP contribution >= 0.6 is 11.6 Å². The summed E-state index contributed by atoms with van der Waals surface area (Å²) in [6, 6.07) is 7.85. The van der Waals surface area contributed by atoms with E-state index in [9.17, 15) is 0 Å². The summed E-state index contributed by atoms with van der Waals surface area (Å²) in [7, 11) is 1.66. The van der Waals surface area contributed by atoms with Gasteiger partial charge in [-0.05, 0) is 48.8 Å². The van der Waals surface area contributed by atoms with Crippen molar-refractivity contribution in [3.05, 3.63) is 59.2 Å². The zero-order valence-corrected chi connectivity index (χ0v) is 11.2. The summed E-state index contributed by atoms with van der Waals surface area (Å²) < 4.78 is 5.12. The van der Waals surface area contributed by atoms with Gasteiger partial charge in [0.25, 0.3) is 0 Å². The molecular formula is C15H17ClO. The Hall–Kier alpha value is -1.47. The van der Waals surface area contributed by atoms with Gasteiger partial charge >= 0.3 is 0 Å². The molecule has 0 N–H and O–H groups in total. The third-order valence-corrected chi connectivity index (χ3v) is 2.60.